The van der Waals surface area contributed by atoms with E-state index in [1.807, 2.05) is 30.3 Å². The number of esters is 1. The summed E-state index contributed by atoms with van der Waals surface area (Å²) >= 11 is 6.15. The highest BCUT2D eigenvalue weighted by Gasteiger charge is 2.16. The fourth-order valence-corrected chi connectivity index (χ4v) is 2.93. The standard InChI is InChI=1S/C23H23ClN2O6/c1-28-8-9-30-15-32-20-13-25-22(31-14-16-6-4-3-5-7-16)12-18(20)19-10-17(23(27)29-2)11-21(24)26-19/h3-7,10-13H,8-9,14-15H2,1-2H3. The quantitative estimate of drug-likeness (QED) is 0.183. The van der Waals surface area contributed by atoms with Crippen LogP contribution in [0.15, 0.2) is 54.7 Å². The minimum Gasteiger partial charge on any atom is -0.473 e. The largest absolute Gasteiger partial charge is 0.473 e. The first-order chi connectivity index (χ1) is 15.6. The van der Waals surface area contributed by atoms with Crippen molar-refractivity contribution in [1.82, 2.24) is 9.97 Å². The van der Waals surface area contributed by atoms with Gasteiger partial charge in [0.05, 0.1) is 37.8 Å². The summed E-state index contributed by atoms with van der Waals surface area (Å²) in [6.07, 6.45) is 1.51. The van der Waals surface area contributed by atoms with E-state index in [0.717, 1.165) is 5.56 Å². The maximum Gasteiger partial charge on any atom is 0.338 e. The third-order valence-corrected chi connectivity index (χ3v) is 4.49. The fraction of sp³-hybridized carbons (Fsp3) is 0.261. The first kappa shape index (κ1) is 23.5. The first-order valence-electron chi connectivity index (χ1n) is 9.73. The van der Waals surface area contributed by atoms with Crippen molar-refractivity contribution in [3.8, 4) is 22.9 Å². The Kier molecular flexibility index (Phi) is 8.79. The molecular formula is C23H23ClN2O6. The second-order valence-electron chi connectivity index (χ2n) is 6.51. The molecule has 3 aromatic rings. The van der Waals surface area contributed by atoms with E-state index in [0.29, 0.717) is 42.7 Å². The third-order valence-electron chi connectivity index (χ3n) is 4.29. The lowest BCUT2D eigenvalue weighted by Crippen LogP contribution is -2.09. The van der Waals surface area contributed by atoms with Gasteiger partial charge in [0, 0.05) is 18.7 Å². The van der Waals surface area contributed by atoms with Gasteiger partial charge in [-0.2, -0.15) is 0 Å². The van der Waals surface area contributed by atoms with E-state index < -0.39 is 5.97 Å². The molecule has 8 nitrogen and oxygen atoms in total. The van der Waals surface area contributed by atoms with Crippen LogP contribution in [0.4, 0.5) is 0 Å². The average Bonchev–Trinajstić information content (AvgIpc) is 2.82. The Bertz CT molecular complexity index is 1030. The summed E-state index contributed by atoms with van der Waals surface area (Å²) in [7, 11) is 2.88. The van der Waals surface area contributed by atoms with Crippen LogP contribution in [0, 0.1) is 0 Å². The van der Waals surface area contributed by atoms with Crippen molar-refractivity contribution in [3.05, 3.63) is 71.0 Å². The zero-order valence-electron chi connectivity index (χ0n) is 17.7. The normalized spacial score (nSPS) is 10.6. The van der Waals surface area contributed by atoms with E-state index in [2.05, 4.69) is 9.97 Å². The van der Waals surface area contributed by atoms with E-state index >= 15 is 0 Å². The van der Waals surface area contributed by atoms with Gasteiger partial charge >= 0.3 is 5.97 Å². The van der Waals surface area contributed by atoms with E-state index in [1.54, 1.807) is 19.2 Å². The summed E-state index contributed by atoms with van der Waals surface area (Å²) in [5, 5.41) is 0.133. The Hall–Kier alpha value is -3.20. The number of aromatic nitrogens is 2. The third kappa shape index (κ3) is 6.65. The molecule has 0 atom stereocenters. The highest BCUT2D eigenvalue weighted by atomic mass is 35.5. The highest BCUT2D eigenvalue weighted by Crippen LogP contribution is 2.33. The van der Waals surface area contributed by atoms with Crippen molar-refractivity contribution in [2.75, 3.05) is 34.2 Å². The Labute approximate surface area is 191 Å². The summed E-state index contributed by atoms with van der Waals surface area (Å²) in [5.41, 5.74) is 2.19. The van der Waals surface area contributed by atoms with E-state index in [1.165, 1.54) is 19.4 Å². The zero-order chi connectivity index (χ0) is 22.8. The number of nitrogens with zero attached hydrogens (tertiary/aromatic N) is 2. The van der Waals surface area contributed by atoms with Gasteiger partial charge in [-0.15, -0.1) is 0 Å². The molecule has 32 heavy (non-hydrogen) atoms. The molecule has 9 heteroatoms. The molecule has 0 N–H and O–H groups in total. The molecule has 0 aliphatic heterocycles. The lowest BCUT2D eigenvalue weighted by molar-refractivity contribution is -0.00841. The zero-order valence-corrected chi connectivity index (χ0v) is 18.5. The number of halogens is 1. The van der Waals surface area contributed by atoms with Gasteiger partial charge in [0.25, 0.3) is 0 Å². The molecular weight excluding hydrogens is 436 g/mol. The predicted octanol–water partition coefficient (Wildman–Crippen LogP) is 4.16. The van der Waals surface area contributed by atoms with Crippen molar-refractivity contribution in [3.63, 3.8) is 0 Å². The molecule has 2 aromatic heterocycles. The summed E-state index contributed by atoms with van der Waals surface area (Å²) in [6, 6.07) is 14.4. The van der Waals surface area contributed by atoms with Crippen molar-refractivity contribution in [2.24, 2.45) is 0 Å². The Morgan fingerprint density at radius 2 is 1.84 bits per heavy atom. The monoisotopic (exact) mass is 458 g/mol. The highest BCUT2D eigenvalue weighted by molar-refractivity contribution is 6.29. The van der Waals surface area contributed by atoms with Gasteiger partial charge in [-0.3, -0.25) is 0 Å². The van der Waals surface area contributed by atoms with Gasteiger partial charge in [0.15, 0.2) is 12.5 Å². The van der Waals surface area contributed by atoms with E-state index in [-0.39, 0.29) is 17.5 Å². The van der Waals surface area contributed by atoms with Crippen LogP contribution in [-0.4, -0.2) is 50.2 Å². The van der Waals surface area contributed by atoms with Crippen molar-refractivity contribution < 1.29 is 28.5 Å². The molecule has 2 heterocycles. The van der Waals surface area contributed by atoms with Crippen molar-refractivity contribution in [2.45, 2.75) is 6.61 Å². The molecule has 0 unspecified atom stereocenters. The second kappa shape index (κ2) is 12.0. The van der Waals surface area contributed by atoms with Gasteiger partial charge in [0.1, 0.15) is 11.8 Å². The molecule has 0 saturated carbocycles. The van der Waals surface area contributed by atoms with Crippen LogP contribution in [0.1, 0.15) is 15.9 Å². The molecule has 0 fully saturated rings. The number of hydrogen-bond donors (Lipinski definition) is 0. The topological polar surface area (TPSA) is 89.0 Å². The Balaban J connectivity index is 1.88. The number of ether oxygens (including phenoxy) is 5. The number of benzene rings is 1. The van der Waals surface area contributed by atoms with Crippen molar-refractivity contribution in [1.29, 1.82) is 0 Å². The minimum absolute atomic E-state index is 0.0211. The SMILES string of the molecule is COCCOCOc1cnc(OCc2ccccc2)cc1-c1cc(C(=O)OC)cc(Cl)n1. The van der Waals surface area contributed by atoms with Crippen LogP contribution >= 0.6 is 11.6 Å². The molecule has 0 radical (unpaired) electrons. The van der Waals surface area contributed by atoms with Crippen molar-refractivity contribution >= 4 is 17.6 Å². The van der Waals surface area contributed by atoms with Crippen LogP contribution in [-0.2, 0) is 20.8 Å². The lowest BCUT2D eigenvalue weighted by atomic mass is 10.1. The first-order valence-corrected chi connectivity index (χ1v) is 10.1. The Morgan fingerprint density at radius 1 is 1.03 bits per heavy atom. The van der Waals surface area contributed by atoms with Crippen LogP contribution < -0.4 is 9.47 Å². The average molecular weight is 459 g/mol. The van der Waals surface area contributed by atoms with E-state index in [9.17, 15) is 4.79 Å². The van der Waals surface area contributed by atoms with Gasteiger partial charge in [-0.25, -0.2) is 14.8 Å². The van der Waals surface area contributed by atoms with Crippen LogP contribution in [0.2, 0.25) is 5.15 Å². The van der Waals surface area contributed by atoms with E-state index in [4.69, 9.17) is 35.3 Å². The molecule has 0 bridgehead atoms. The Morgan fingerprint density at radius 3 is 2.59 bits per heavy atom. The molecule has 3 rings (SSSR count). The lowest BCUT2D eigenvalue weighted by Gasteiger charge is -2.14. The maximum absolute atomic E-state index is 12.0. The second-order valence-corrected chi connectivity index (χ2v) is 6.90. The summed E-state index contributed by atoms with van der Waals surface area (Å²) in [6.45, 7) is 1.13. The summed E-state index contributed by atoms with van der Waals surface area (Å²) < 4.78 is 26.7. The summed E-state index contributed by atoms with van der Waals surface area (Å²) in [4.78, 5) is 20.7. The minimum atomic E-state index is -0.532. The van der Waals surface area contributed by atoms with Gasteiger partial charge < -0.3 is 23.7 Å². The summed E-state index contributed by atoms with van der Waals surface area (Å²) in [5.74, 6) is 0.216. The molecule has 0 amide bonds. The predicted molar refractivity (Wildman–Crippen MR) is 118 cm³/mol. The molecule has 0 aliphatic rings. The van der Waals surface area contributed by atoms with Gasteiger partial charge in [-0.05, 0) is 17.7 Å². The van der Waals surface area contributed by atoms with Crippen LogP contribution in [0.3, 0.4) is 0 Å². The molecule has 1 aromatic carbocycles. The smallest absolute Gasteiger partial charge is 0.338 e. The number of rotatable bonds is 11. The molecule has 0 aliphatic carbocycles. The van der Waals surface area contributed by atoms with Crippen LogP contribution in [0.25, 0.3) is 11.3 Å². The van der Waals surface area contributed by atoms with Gasteiger partial charge in [-0.1, -0.05) is 41.9 Å². The number of carbonyl (C=O) groups excluding carboxylic acids is 1. The fourth-order valence-electron chi connectivity index (χ4n) is 2.73. The molecule has 0 spiro atoms. The number of hydrogen-bond acceptors (Lipinski definition) is 8. The van der Waals surface area contributed by atoms with Crippen LogP contribution in [0.5, 0.6) is 11.6 Å². The number of pyridine rings is 2. The number of carbonyl (C=O) groups is 1. The maximum atomic E-state index is 12.0. The molecule has 168 valence electrons. The van der Waals surface area contributed by atoms with Gasteiger partial charge in [0.2, 0.25) is 5.88 Å². The molecule has 0 saturated heterocycles. The number of methoxy groups -OCH3 is 2.